The molecule has 0 amide bonds. The third-order valence-corrected chi connectivity index (χ3v) is 4.73. The van der Waals surface area contributed by atoms with Crippen molar-refractivity contribution in [3.05, 3.63) is 0 Å². The Morgan fingerprint density at radius 2 is 1.86 bits per heavy atom. The lowest BCUT2D eigenvalue weighted by atomic mass is 9.40. The first-order valence-electron chi connectivity index (χ1n) is 5.15. The van der Waals surface area contributed by atoms with E-state index in [0.29, 0.717) is 0 Å². The second-order valence-corrected chi connectivity index (χ2v) is 5.60. The molecular weight excluding hydrogens is 180 g/mol. The van der Waals surface area contributed by atoms with Crippen LogP contribution in [0.3, 0.4) is 0 Å². The highest BCUT2D eigenvalue weighted by molar-refractivity contribution is 5.78. The molecule has 0 aromatic rings. The number of rotatable bonds is 1. The van der Waals surface area contributed by atoms with Gasteiger partial charge >= 0.3 is 5.97 Å². The summed E-state index contributed by atoms with van der Waals surface area (Å²) in [7, 11) is 0. The Morgan fingerprint density at radius 1 is 1.29 bits per heavy atom. The zero-order valence-corrected chi connectivity index (χ0v) is 9.20. The van der Waals surface area contributed by atoms with Crippen LogP contribution in [-0.4, -0.2) is 23.8 Å². The maximum absolute atomic E-state index is 11.6. The van der Waals surface area contributed by atoms with E-state index >= 15 is 0 Å². The molecule has 0 radical (unpaired) electrons. The summed E-state index contributed by atoms with van der Waals surface area (Å²) < 4.78 is 5.18. The van der Waals surface area contributed by atoms with Gasteiger partial charge < -0.3 is 9.84 Å². The molecule has 3 nitrogen and oxygen atoms in total. The van der Waals surface area contributed by atoms with Gasteiger partial charge in [-0.3, -0.25) is 4.79 Å². The SMILES string of the molecule is CC1(C)C2C(=O)OC(CO)C2C1(C)C. The average molecular weight is 198 g/mol. The molecule has 1 aliphatic heterocycles. The van der Waals surface area contributed by atoms with Crippen molar-refractivity contribution in [1.82, 2.24) is 0 Å². The second-order valence-electron chi connectivity index (χ2n) is 5.60. The van der Waals surface area contributed by atoms with Crippen LogP contribution in [0, 0.1) is 22.7 Å². The molecule has 0 bridgehead atoms. The normalized spacial score (nSPS) is 42.6. The van der Waals surface area contributed by atoms with Gasteiger partial charge in [-0.15, -0.1) is 0 Å². The molecule has 0 spiro atoms. The van der Waals surface area contributed by atoms with E-state index in [1.165, 1.54) is 0 Å². The Morgan fingerprint density at radius 3 is 2.36 bits per heavy atom. The fraction of sp³-hybridized carbons (Fsp3) is 0.909. The van der Waals surface area contributed by atoms with Gasteiger partial charge in [-0.2, -0.15) is 0 Å². The number of cyclic esters (lactones) is 1. The van der Waals surface area contributed by atoms with Crippen LogP contribution in [0.2, 0.25) is 0 Å². The molecule has 2 rings (SSSR count). The van der Waals surface area contributed by atoms with Crippen molar-refractivity contribution in [3.63, 3.8) is 0 Å². The Balaban J connectivity index is 2.33. The number of aliphatic hydroxyl groups excluding tert-OH is 1. The third-order valence-electron chi connectivity index (χ3n) is 4.73. The number of esters is 1. The van der Waals surface area contributed by atoms with Crippen molar-refractivity contribution >= 4 is 5.97 Å². The summed E-state index contributed by atoms with van der Waals surface area (Å²) in [5, 5.41) is 9.13. The molecule has 3 atom stereocenters. The predicted octanol–water partition coefficient (Wildman–Crippen LogP) is 1.20. The van der Waals surface area contributed by atoms with Crippen LogP contribution in [0.15, 0.2) is 0 Å². The molecule has 2 fully saturated rings. The Bertz CT molecular complexity index is 280. The standard InChI is InChI=1S/C11H18O3/c1-10(2)7-6(5-12)14-9(13)8(7)11(10,3)4/h6-8,12H,5H2,1-4H3. The first-order valence-corrected chi connectivity index (χ1v) is 5.15. The van der Waals surface area contributed by atoms with E-state index in [0.717, 1.165) is 0 Å². The number of carbonyl (C=O) groups is 1. The minimum Gasteiger partial charge on any atom is -0.459 e. The smallest absolute Gasteiger partial charge is 0.310 e. The highest BCUT2D eigenvalue weighted by Gasteiger charge is 2.71. The van der Waals surface area contributed by atoms with E-state index < -0.39 is 0 Å². The quantitative estimate of drug-likeness (QED) is 0.644. The Hall–Kier alpha value is -0.570. The number of hydrogen-bond acceptors (Lipinski definition) is 3. The van der Waals surface area contributed by atoms with Gasteiger partial charge in [0.2, 0.25) is 0 Å². The van der Waals surface area contributed by atoms with Crippen LogP contribution < -0.4 is 0 Å². The number of hydrogen-bond donors (Lipinski definition) is 1. The maximum atomic E-state index is 11.6. The van der Waals surface area contributed by atoms with E-state index in [1.54, 1.807) is 0 Å². The van der Waals surface area contributed by atoms with E-state index in [1.807, 2.05) is 0 Å². The number of aliphatic hydroxyl groups is 1. The first-order chi connectivity index (χ1) is 6.34. The lowest BCUT2D eigenvalue weighted by Crippen LogP contribution is -2.62. The van der Waals surface area contributed by atoms with Gasteiger partial charge in [0.25, 0.3) is 0 Å². The lowest BCUT2D eigenvalue weighted by molar-refractivity contribution is -0.169. The van der Waals surface area contributed by atoms with Crippen molar-refractivity contribution in [1.29, 1.82) is 0 Å². The lowest BCUT2D eigenvalue weighted by Gasteiger charge is -2.61. The van der Waals surface area contributed by atoms with Crippen LogP contribution in [-0.2, 0) is 9.53 Å². The highest BCUT2D eigenvalue weighted by Crippen LogP contribution is 2.68. The molecule has 1 saturated carbocycles. The zero-order valence-electron chi connectivity index (χ0n) is 9.20. The van der Waals surface area contributed by atoms with Gasteiger partial charge in [0, 0.05) is 5.92 Å². The van der Waals surface area contributed by atoms with Crippen molar-refractivity contribution in [3.8, 4) is 0 Å². The minimum absolute atomic E-state index is 0.0152. The largest absolute Gasteiger partial charge is 0.459 e. The summed E-state index contributed by atoms with van der Waals surface area (Å²) >= 11 is 0. The monoisotopic (exact) mass is 198 g/mol. The van der Waals surface area contributed by atoms with E-state index in [4.69, 9.17) is 9.84 Å². The fourth-order valence-electron chi connectivity index (χ4n) is 3.17. The molecular formula is C11H18O3. The molecule has 3 unspecified atom stereocenters. The fourth-order valence-corrected chi connectivity index (χ4v) is 3.17. The van der Waals surface area contributed by atoms with Gasteiger partial charge in [-0.1, -0.05) is 27.7 Å². The molecule has 1 aliphatic carbocycles. The molecule has 1 heterocycles. The van der Waals surface area contributed by atoms with E-state index in [-0.39, 0.29) is 41.3 Å². The molecule has 0 aromatic heterocycles. The number of ether oxygens (including phenoxy) is 1. The summed E-state index contributed by atoms with van der Waals surface area (Å²) in [4.78, 5) is 11.6. The molecule has 2 aliphatic rings. The Labute approximate surface area is 84.4 Å². The van der Waals surface area contributed by atoms with Crippen molar-refractivity contribution in [2.24, 2.45) is 22.7 Å². The van der Waals surface area contributed by atoms with E-state index in [9.17, 15) is 4.79 Å². The number of fused-ring (bicyclic) bond motifs is 1. The summed E-state index contributed by atoms with van der Waals surface area (Å²) in [6, 6.07) is 0. The van der Waals surface area contributed by atoms with Crippen LogP contribution in [0.1, 0.15) is 27.7 Å². The molecule has 1 N–H and O–H groups in total. The van der Waals surface area contributed by atoms with E-state index in [2.05, 4.69) is 27.7 Å². The molecule has 3 heteroatoms. The average Bonchev–Trinajstić information content (AvgIpc) is 2.41. The topological polar surface area (TPSA) is 46.5 Å². The van der Waals surface area contributed by atoms with Crippen LogP contribution >= 0.6 is 0 Å². The zero-order chi connectivity index (χ0) is 10.7. The van der Waals surface area contributed by atoms with Crippen LogP contribution in [0.25, 0.3) is 0 Å². The molecule has 80 valence electrons. The van der Waals surface area contributed by atoms with Crippen LogP contribution in [0.5, 0.6) is 0 Å². The van der Waals surface area contributed by atoms with Crippen LogP contribution in [0.4, 0.5) is 0 Å². The highest BCUT2D eigenvalue weighted by atomic mass is 16.6. The van der Waals surface area contributed by atoms with Gasteiger partial charge in [0.15, 0.2) is 0 Å². The maximum Gasteiger partial charge on any atom is 0.310 e. The third kappa shape index (κ3) is 0.842. The van der Waals surface area contributed by atoms with Crippen molar-refractivity contribution in [2.45, 2.75) is 33.8 Å². The summed E-state index contributed by atoms with van der Waals surface area (Å²) in [6.07, 6.45) is -0.282. The summed E-state index contributed by atoms with van der Waals surface area (Å²) in [6.45, 7) is 8.47. The molecule has 14 heavy (non-hydrogen) atoms. The van der Waals surface area contributed by atoms with Gasteiger partial charge in [0.05, 0.1) is 12.5 Å². The first kappa shape index (κ1) is 9.97. The molecule has 0 aromatic carbocycles. The Kier molecular flexibility index (Phi) is 1.79. The predicted molar refractivity (Wildman–Crippen MR) is 51.5 cm³/mol. The van der Waals surface area contributed by atoms with Crippen molar-refractivity contribution in [2.75, 3.05) is 6.61 Å². The minimum atomic E-state index is -0.282. The summed E-state index contributed by atoms with van der Waals surface area (Å²) in [5.74, 6) is 0.0445. The van der Waals surface area contributed by atoms with Gasteiger partial charge in [0.1, 0.15) is 6.10 Å². The number of carbonyl (C=O) groups excluding carboxylic acids is 1. The van der Waals surface area contributed by atoms with Crippen molar-refractivity contribution < 1.29 is 14.6 Å². The van der Waals surface area contributed by atoms with Gasteiger partial charge in [-0.25, -0.2) is 0 Å². The van der Waals surface area contributed by atoms with Gasteiger partial charge in [-0.05, 0) is 10.8 Å². The second kappa shape index (κ2) is 2.51. The summed E-state index contributed by atoms with van der Waals surface area (Å²) in [5.41, 5.74) is 0.0515. The molecule has 1 saturated heterocycles.